The Bertz CT molecular complexity index is 436. The summed E-state index contributed by atoms with van der Waals surface area (Å²) in [4.78, 5) is 5.07. The first-order valence-corrected chi connectivity index (χ1v) is 7.53. The summed E-state index contributed by atoms with van der Waals surface area (Å²) in [6.45, 7) is 10.1. The molecule has 2 rings (SSSR count). The molecular formula is C16H26N4. The molecule has 1 heterocycles. The first-order chi connectivity index (χ1) is 9.63. The fraction of sp³-hybridized carbons (Fsp3) is 0.562. The van der Waals surface area contributed by atoms with Crippen LogP contribution in [-0.4, -0.2) is 47.9 Å². The van der Waals surface area contributed by atoms with Crippen LogP contribution in [0.1, 0.15) is 31.4 Å². The van der Waals surface area contributed by atoms with Crippen molar-refractivity contribution in [2.75, 3.05) is 26.2 Å². The minimum atomic E-state index is 0.138. The smallest absolute Gasteiger partial charge is 0.122 e. The molecule has 0 radical (unpaired) electrons. The number of nitrogen functional groups attached to an aromatic ring is 1. The van der Waals surface area contributed by atoms with Crippen molar-refractivity contribution in [3.63, 3.8) is 0 Å². The lowest BCUT2D eigenvalue weighted by Crippen LogP contribution is -2.37. The molecule has 20 heavy (non-hydrogen) atoms. The van der Waals surface area contributed by atoms with Crippen LogP contribution < -0.4 is 5.73 Å². The van der Waals surface area contributed by atoms with Crippen LogP contribution in [0.3, 0.4) is 0 Å². The van der Waals surface area contributed by atoms with E-state index in [1.807, 2.05) is 12.1 Å². The van der Waals surface area contributed by atoms with E-state index in [1.165, 1.54) is 18.5 Å². The number of likely N-dealkylation sites (N-methyl/N-ethyl adjacent to an activating group) is 1. The second-order valence-corrected chi connectivity index (χ2v) is 5.51. The lowest BCUT2D eigenvalue weighted by atomic mass is 10.1. The largest absolute Gasteiger partial charge is 0.384 e. The molecule has 1 atom stereocenters. The van der Waals surface area contributed by atoms with E-state index in [2.05, 4.69) is 35.8 Å². The van der Waals surface area contributed by atoms with Crippen molar-refractivity contribution in [1.82, 2.24) is 9.80 Å². The van der Waals surface area contributed by atoms with Crippen molar-refractivity contribution in [2.45, 2.75) is 32.9 Å². The molecule has 110 valence electrons. The number of amidine groups is 1. The third-order valence-corrected chi connectivity index (χ3v) is 4.25. The highest BCUT2D eigenvalue weighted by molar-refractivity contribution is 5.94. The minimum Gasteiger partial charge on any atom is -0.384 e. The van der Waals surface area contributed by atoms with Crippen LogP contribution in [0, 0.1) is 5.41 Å². The third-order valence-electron chi connectivity index (χ3n) is 4.25. The van der Waals surface area contributed by atoms with E-state index in [4.69, 9.17) is 11.1 Å². The maximum Gasteiger partial charge on any atom is 0.122 e. The van der Waals surface area contributed by atoms with Crippen LogP contribution in [0.2, 0.25) is 0 Å². The van der Waals surface area contributed by atoms with Crippen molar-refractivity contribution in [3.8, 4) is 0 Å². The highest BCUT2D eigenvalue weighted by atomic mass is 15.2. The van der Waals surface area contributed by atoms with Gasteiger partial charge in [0.1, 0.15) is 5.84 Å². The molecule has 0 aliphatic carbocycles. The van der Waals surface area contributed by atoms with E-state index in [1.54, 1.807) is 0 Å². The van der Waals surface area contributed by atoms with E-state index in [9.17, 15) is 0 Å². The van der Waals surface area contributed by atoms with Gasteiger partial charge in [0.2, 0.25) is 0 Å². The summed E-state index contributed by atoms with van der Waals surface area (Å²) >= 11 is 0. The fourth-order valence-electron chi connectivity index (χ4n) is 3.04. The van der Waals surface area contributed by atoms with E-state index in [0.29, 0.717) is 6.04 Å². The molecule has 1 fully saturated rings. The summed E-state index contributed by atoms with van der Waals surface area (Å²) in [5.41, 5.74) is 7.58. The summed E-state index contributed by atoms with van der Waals surface area (Å²) in [6.07, 6.45) is 1.27. The maximum atomic E-state index is 7.41. The Hall–Kier alpha value is -1.39. The van der Waals surface area contributed by atoms with Crippen molar-refractivity contribution in [1.29, 1.82) is 5.41 Å². The van der Waals surface area contributed by atoms with Crippen molar-refractivity contribution in [3.05, 3.63) is 35.4 Å². The Labute approximate surface area is 122 Å². The molecule has 1 unspecified atom stereocenters. The molecule has 1 aromatic rings. The van der Waals surface area contributed by atoms with Crippen LogP contribution in [0.5, 0.6) is 0 Å². The summed E-state index contributed by atoms with van der Waals surface area (Å²) in [7, 11) is 0. The Morgan fingerprint density at radius 1 is 1.30 bits per heavy atom. The Morgan fingerprint density at radius 3 is 2.50 bits per heavy atom. The van der Waals surface area contributed by atoms with Crippen molar-refractivity contribution >= 4 is 5.84 Å². The Balaban J connectivity index is 1.90. The van der Waals surface area contributed by atoms with Gasteiger partial charge in [-0.05, 0) is 25.1 Å². The van der Waals surface area contributed by atoms with Gasteiger partial charge in [-0.1, -0.05) is 38.1 Å². The van der Waals surface area contributed by atoms with E-state index >= 15 is 0 Å². The van der Waals surface area contributed by atoms with Crippen LogP contribution in [0.4, 0.5) is 0 Å². The average Bonchev–Trinajstić information content (AvgIpc) is 2.89. The lowest BCUT2D eigenvalue weighted by Gasteiger charge is -2.26. The molecule has 0 aromatic heterocycles. The SMILES string of the molecule is CCN(CC)C1CCN(Cc2ccc(C(=N)N)cc2)C1. The monoisotopic (exact) mass is 274 g/mol. The quantitative estimate of drug-likeness (QED) is 0.615. The van der Waals surface area contributed by atoms with E-state index in [-0.39, 0.29) is 5.84 Å². The number of nitrogens with two attached hydrogens (primary N) is 1. The maximum absolute atomic E-state index is 7.41. The second-order valence-electron chi connectivity index (χ2n) is 5.51. The minimum absolute atomic E-state index is 0.138. The first kappa shape index (κ1) is 15.0. The van der Waals surface area contributed by atoms with Gasteiger partial charge in [-0.15, -0.1) is 0 Å². The molecule has 0 saturated carbocycles. The zero-order valence-corrected chi connectivity index (χ0v) is 12.6. The number of likely N-dealkylation sites (tertiary alicyclic amines) is 1. The molecule has 1 aromatic carbocycles. The predicted molar refractivity (Wildman–Crippen MR) is 84.1 cm³/mol. The van der Waals surface area contributed by atoms with Gasteiger partial charge in [-0.25, -0.2) is 0 Å². The molecule has 0 bridgehead atoms. The van der Waals surface area contributed by atoms with Gasteiger partial charge in [0, 0.05) is 31.2 Å². The summed E-state index contributed by atoms with van der Waals surface area (Å²) in [5.74, 6) is 0.138. The first-order valence-electron chi connectivity index (χ1n) is 7.53. The fourth-order valence-corrected chi connectivity index (χ4v) is 3.04. The Kier molecular flexibility index (Phi) is 5.15. The molecular weight excluding hydrogens is 248 g/mol. The molecule has 0 amide bonds. The van der Waals surface area contributed by atoms with Crippen molar-refractivity contribution < 1.29 is 0 Å². The highest BCUT2D eigenvalue weighted by Gasteiger charge is 2.25. The number of hydrogen-bond acceptors (Lipinski definition) is 3. The van der Waals surface area contributed by atoms with Gasteiger partial charge in [-0.2, -0.15) is 0 Å². The van der Waals surface area contributed by atoms with Crippen LogP contribution >= 0.6 is 0 Å². The van der Waals surface area contributed by atoms with Gasteiger partial charge in [-0.3, -0.25) is 15.2 Å². The lowest BCUT2D eigenvalue weighted by molar-refractivity contribution is 0.209. The van der Waals surface area contributed by atoms with E-state index in [0.717, 1.165) is 31.7 Å². The third kappa shape index (κ3) is 3.58. The number of rotatable bonds is 6. The molecule has 3 N–H and O–H groups in total. The summed E-state index contributed by atoms with van der Waals surface area (Å²) < 4.78 is 0. The van der Waals surface area contributed by atoms with E-state index < -0.39 is 0 Å². The molecule has 1 saturated heterocycles. The predicted octanol–water partition coefficient (Wildman–Crippen LogP) is 1.89. The topological polar surface area (TPSA) is 56.4 Å². The van der Waals surface area contributed by atoms with Gasteiger partial charge in [0.25, 0.3) is 0 Å². The average molecular weight is 274 g/mol. The Morgan fingerprint density at radius 2 is 1.95 bits per heavy atom. The van der Waals surface area contributed by atoms with Gasteiger partial charge in [0.05, 0.1) is 0 Å². The second kappa shape index (κ2) is 6.86. The number of benzene rings is 1. The van der Waals surface area contributed by atoms with Gasteiger partial charge in [0.15, 0.2) is 0 Å². The number of hydrogen-bond donors (Lipinski definition) is 2. The van der Waals surface area contributed by atoms with Gasteiger partial charge < -0.3 is 5.73 Å². The zero-order chi connectivity index (χ0) is 14.5. The van der Waals surface area contributed by atoms with Crippen LogP contribution in [0.25, 0.3) is 0 Å². The molecule has 1 aliphatic rings. The number of nitrogens with zero attached hydrogens (tertiary/aromatic N) is 2. The molecule has 1 aliphatic heterocycles. The van der Waals surface area contributed by atoms with Crippen LogP contribution in [-0.2, 0) is 6.54 Å². The van der Waals surface area contributed by atoms with Crippen LogP contribution in [0.15, 0.2) is 24.3 Å². The van der Waals surface area contributed by atoms with Gasteiger partial charge >= 0.3 is 0 Å². The molecule has 4 heteroatoms. The normalized spacial score (nSPS) is 19.6. The highest BCUT2D eigenvalue weighted by Crippen LogP contribution is 2.18. The molecule has 4 nitrogen and oxygen atoms in total. The summed E-state index contributed by atoms with van der Waals surface area (Å²) in [5, 5.41) is 7.41. The summed E-state index contributed by atoms with van der Waals surface area (Å²) in [6, 6.07) is 8.76. The standard InChI is InChI=1S/C16H26N4/c1-3-20(4-2)15-9-10-19(12-15)11-13-5-7-14(8-6-13)16(17)18/h5-8,15H,3-4,9-12H2,1-2H3,(H3,17,18). The number of nitrogens with one attached hydrogen (secondary N) is 1. The van der Waals surface area contributed by atoms with Crippen molar-refractivity contribution in [2.24, 2.45) is 5.73 Å². The molecule has 0 spiro atoms. The zero-order valence-electron chi connectivity index (χ0n) is 12.6.